The van der Waals surface area contributed by atoms with Crippen LogP contribution < -0.4 is 0 Å². The van der Waals surface area contributed by atoms with Crippen LogP contribution in [0.3, 0.4) is 0 Å². The van der Waals surface area contributed by atoms with Crippen molar-refractivity contribution in [1.29, 1.82) is 0 Å². The third kappa shape index (κ3) is 2.98. The highest BCUT2D eigenvalue weighted by atomic mass is 16.5. The molecule has 0 amide bonds. The molecule has 1 saturated heterocycles. The zero-order valence-electron chi connectivity index (χ0n) is 12.8. The molecule has 1 unspecified atom stereocenters. The van der Waals surface area contributed by atoms with Crippen LogP contribution in [0, 0.1) is 0 Å². The van der Waals surface area contributed by atoms with Crippen LogP contribution in [-0.4, -0.2) is 46.4 Å². The second-order valence-electron chi connectivity index (χ2n) is 6.06. The van der Waals surface area contributed by atoms with Gasteiger partial charge >= 0.3 is 0 Å². The van der Waals surface area contributed by atoms with Gasteiger partial charge in [-0.15, -0.1) is 0 Å². The van der Waals surface area contributed by atoms with Crippen LogP contribution in [0.15, 0.2) is 30.5 Å². The van der Waals surface area contributed by atoms with Gasteiger partial charge in [0, 0.05) is 30.9 Å². The Balaban J connectivity index is 1.82. The third-order valence-corrected chi connectivity index (χ3v) is 4.34. The molecule has 0 radical (unpaired) electrons. The van der Waals surface area contributed by atoms with E-state index in [1.165, 1.54) is 5.39 Å². The van der Waals surface area contributed by atoms with Gasteiger partial charge in [-0.25, -0.2) is 0 Å². The normalized spacial score (nSPS) is 20.5. The molecule has 1 aliphatic rings. The molecule has 4 heteroatoms. The highest BCUT2D eigenvalue weighted by molar-refractivity contribution is 5.83. The fourth-order valence-electron chi connectivity index (χ4n) is 3.16. The number of aliphatic hydroxyl groups excluding tert-OH is 1. The Hall–Kier alpha value is -1.36. The van der Waals surface area contributed by atoms with Crippen molar-refractivity contribution in [2.45, 2.75) is 39.1 Å². The molecule has 21 heavy (non-hydrogen) atoms. The smallest absolute Gasteiger partial charge is 0.0881 e. The van der Waals surface area contributed by atoms with Gasteiger partial charge in [-0.3, -0.25) is 4.90 Å². The van der Waals surface area contributed by atoms with E-state index >= 15 is 0 Å². The molecule has 1 aromatic heterocycles. The summed E-state index contributed by atoms with van der Waals surface area (Å²) in [5.74, 6) is 0. The molecule has 114 valence electrons. The van der Waals surface area contributed by atoms with Crippen LogP contribution in [0.1, 0.15) is 19.4 Å². The van der Waals surface area contributed by atoms with E-state index < -0.39 is 0 Å². The standard InChI is InChI=1S/C17H24N2O2/c1-13(2)18-8-9-21-16(10-18)11-19-7-6-14-4-3-5-15(12-20)17(14)19/h3-7,13,16,20H,8-12H2,1-2H3. The summed E-state index contributed by atoms with van der Waals surface area (Å²) >= 11 is 0. The Morgan fingerprint density at radius 2 is 2.19 bits per heavy atom. The number of aromatic nitrogens is 1. The lowest BCUT2D eigenvalue weighted by molar-refractivity contribution is -0.0451. The van der Waals surface area contributed by atoms with Gasteiger partial charge in [0.15, 0.2) is 0 Å². The number of ether oxygens (including phenoxy) is 1. The number of morpholine rings is 1. The monoisotopic (exact) mass is 288 g/mol. The van der Waals surface area contributed by atoms with E-state index in [1.807, 2.05) is 12.1 Å². The van der Waals surface area contributed by atoms with Crippen molar-refractivity contribution in [2.75, 3.05) is 19.7 Å². The first-order valence-corrected chi connectivity index (χ1v) is 7.72. The molecule has 1 atom stereocenters. The van der Waals surface area contributed by atoms with Crippen molar-refractivity contribution in [3.8, 4) is 0 Å². The second-order valence-corrected chi connectivity index (χ2v) is 6.06. The molecule has 1 N–H and O–H groups in total. The molecule has 0 saturated carbocycles. The Bertz CT molecular complexity index is 606. The Morgan fingerprint density at radius 3 is 2.95 bits per heavy atom. The minimum absolute atomic E-state index is 0.0744. The number of rotatable bonds is 4. The predicted molar refractivity (Wildman–Crippen MR) is 84.3 cm³/mol. The highest BCUT2D eigenvalue weighted by Crippen LogP contribution is 2.22. The predicted octanol–water partition coefficient (Wildman–Crippen LogP) is 2.24. The van der Waals surface area contributed by atoms with Crippen LogP contribution >= 0.6 is 0 Å². The first kappa shape index (κ1) is 14.6. The Labute approximate surface area is 125 Å². The van der Waals surface area contributed by atoms with Gasteiger partial charge in [0.2, 0.25) is 0 Å². The molecule has 2 heterocycles. The lowest BCUT2D eigenvalue weighted by Crippen LogP contribution is -2.47. The lowest BCUT2D eigenvalue weighted by atomic mass is 10.1. The average molecular weight is 288 g/mol. The SMILES string of the molecule is CC(C)N1CCOC(Cn2ccc3cccc(CO)c32)C1. The number of nitrogens with zero attached hydrogens (tertiary/aromatic N) is 2. The van der Waals surface area contributed by atoms with Gasteiger partial charge < -0.3 is 14.4 Å². The maximum absolute atomic E-state index is 9.55. The fraction of sp³-hybridized carbons (Fsp3) is 0.529. The molecule has 1 aliphatic heterocycles. The molecular formula is C17H24N2O2. The van der Waals surface area contributed by atoms with Crippen LogP contribution in [0.4, 0.5) is 0 Å². The highest BCUT2D eigenvalue weighted by Gasteiger charge is 2.23. The van der Waals surface area contributed by atoms with Gasteiger partial charge in [0.25, 0.3) is 0 Å². The molecular weight excluding hydrogens is 264 g/mol. The van der Waals surface area contributed by atoms with Crippen LogP contribution in [0.25, 0.3) is 10.9 Å². The van der Waals surface area contributed by atoms with Crippen LogP contribution in [0.2, 0.25) is 0 Å². The number of benzene rings is 1. The quantitative estimate of drug-likeness (QED) is 0.937. The summed E-state index contributed by atoms with van der Waals surface area (Å²) in [6, 6.07) is 8.74. The van der Waals surface area contributed by atoms with E-state index in [2.05, 4.69) is 41.6 Å². The Kier molecular flexibility index (Phi) is 4.29. The number of fused-ring (bicyclic) bond motifs is 1. The van der Waals surface area contributed by atoms with E-state index in [0.717, 1.165) is 37.3 Å². The van der Waals surface area contributed by atoms with E-state index in [4.69, 9.17) is 4.74 Å². The third-order valence-electron chi connectivity index (χ3n) is 4.34. The van der Waals surface area contributed by atoms with Crippen molar-refractivity contribution < 1.29 is 9.84 Å². The lowest BCUT2D eigenvalue weighted by Gasteiger charge is -2.35. The van der Waals surface area contributed by atoms with Gasteiger partial charge in [-0.1, -0.05) is 18.2 Å². The molecule has 4 nitrogen and oxygen atoms in total. The minimum atomic E-state index is 0.0744. The zero-order chi connectivity index (χ0) is 14.8. The molecule has 0 aliphatic carbocycles. The number of aliphatic hydroxyl groups is 1. The van der Waals surface area contributed by atoms with Gasteiger partial charge in [0.1, 0.15) is 0 Å². The fourth-order valence-corrected chi connectivity index (χ4v) is 3.16. The molecule has 1 fully saturated rings. The first-order chi connectivity index (χ1) is 10.2. The topological polar surface area (TPSA) is 37.6 Å². The van der Waals surface area contributed by atoms with Crippen molar-refractivity contribution in [1.82, 2.24) is 9.47 Å². The second kappa shape index (κ2) is 6.18. The summed E-state index contributed by atoms with van der Waals surface area (Å²) in [6.07, 6.45) is 2.31. The Morgan fingerprint density at radius 1 is 1.33 bits per heavy atom. The molecule has 3 rings (SSSR count). The number of hydrogen-bond donors (Lipinski definition) is 1. The maximum atomic E-state index is 9.55. The van der Waals surface area contributed by atoms with E-state index in [-0.39, 0.29) is 12.7 Å². The largest absolute Gasteiger partial charge is 0.392 e. The van der Waals surface area contributed by atoms with Crippen LogP contribution in [0.5, 0.6) is 0 Å². The molecule has 0 spiro atoms. The average Bonchev–Trinajstić information content (AvgIpc) is 2.91. The van der Waals surface area contributed by atoms with Gasteiger partial charge in [-0.2, -0.15) is 0 Å². The minimum Gasteiger partial charge on any atom is -0.392 e. The number of para-hydroxylation sites is 1. The molecule has 2 aromatic rings. The maximum Gasteiger partial charge on any atom is 0.0881 e. The van der Waals surface area contributed by atoms with Crippen molar-refractivity contribution >= 4 is 10.9 Å². The summed E-state index contributed by atoms with van der Waals surface area (Å²) in [5.41, 5.74) is 2.11. The molecule has 1 aromatic carbocycles. The number of hydrogen-bond acceptors (Lipinski definition) is 3. The van der Waals surface area contributed by atoms with Gasteiger partial charge in [0.05, 0.1) is 31.4 Å². The summed E-state index contributed by atoms with van der Waals surface area (Å²) in [6.45, 7) is 8.17. The summed E-state index contributed by atoms with van der Waals surface area (Å²) in [7, 11) is 0. The zero-order valence-corrected chi connectivity index (χ0v) is 12.8. The van der Waals surface area contributed by atoms with Crippen molar-refractivity contribution in [3.63, 3.8) is 0 Å². The van der Waals surface area contributed by atoms with Crippen LogP contribution in [-0.2, 0) is 17.9 Å². The summed E-state index contributed by atoms with van der Waals surface area (Å²) in [4.78, 5) is 2.47. The van der Waals surface area contributed by atoms with E-state index in [9.17, 15) is 5.11 Å². The summed E-state index contributed by atoms with van der Waals surface area (Å²) in [5, 5.41) is 10.7. The summed E-state index contributed by atoms with van der Waals surface area (Å²) < 4.78 is 8.15. The van der Waals surface area contributed by atoms with E-state index in [1.54, 1.807) is 0 Å². The van der Waals surface area contributed by atoms with Crippen molar-refractivity contribution in [2.24, 2.45) is 0 Å². The van der Waals surface area contributed by atoms with Crippen molar-refractivity contribution in [3.05, 3.63) is 36.0 Å². The van der Waals surface area contributed by atoms with Gasteiger partial charge in [-0.05, 0) is 25.3 Å². The molecule has 0 bridgehead atoms. The van der Waals surface area contributed by atoms with E-state index in [0.29, 0.717) is 6.04 Å². The first-order valence-electron chi connectivity index (χ1n) is 7.72.